The van der Waals surface area contributed by atoms with E-state index < -0.39 is 5.97 Å². The van der Waals surface area contributed by atoms with Gasteiger partial charge in [-0.2, -0.15) is 0 Å². The fourth-order valence-electron chi connectivity index (χ4n) is 3.44. The monoisotopic (exact) mass is 372 g/mol. The average molecular weight is 372 g/mol. The molecule has 0 bridgehead atoms. The number of aromatic carboxylic acids is 1. The van der Waals surface area contributed by atoms with Crippen molar-refractivity contribution in [3.8, 4) is 11.5 Å². The van der Waals surface area contributed by atoms with Gasteiger partial charge in [-0.15, -0.1) is 5.10 Å². The van der Waals surface area contributed by atoms with Gasteiger partial charge >= 0.3 is 5.97 Å². The van der Waals surface area contributed by atoms with Gasteiger partial charge in [0.2, 0.25) is 0 Å². The molecule has 1 fully saturated rings. The van der Waals surface area contributed by atoms with E-state index in [1.165, 1.54) is 10.9 Å². The lowest BCUT2D eigenvalue weighted by atomic mass is 10.0. The zero-order valence-electron chi connectivity index (χ0n) is 14.7. The Bertz CT molecular complexity index is 865. The number of para-hydroxylation sites is 1. The summed E-state index contributed by atoms with van der Waals surface area (Å²) < 4.78 is 13.0. The minimum Gasteiger partial charge on any atom is -0.490 e. The molecule has 0 spiro atoms. The van der Waals surface area contributed by atoms with E-state index in [2.05, 4.69) is 10.3 Å². The Morgan fingerprint density at radius 1 is 1.19 bits per heavy atom. The second-order valence-corrected chi connectivity index (χ2v) is 6.62. The minimum atomic E-state index is -1.12. The molecule has 0 saturated carbocycles. The van der Waals surface area contributed by atoms with Gasteiger partial charge in [0.15, 0.2) is 17.2 Å². The number of nitrogens with zero attached hydrogens (tertiary/aromatic N) is 4. The van der Waals surface area contributed by atoms with Crippen LogP contribution in [-0.2, 0) is 0 Å². The molecule has 2 aliphatic heterocycles. The summed E-state index contributed by atoms with van der Waals surface area (Å²) in [5.74, 6) is -0.153. The second kappa shape index (κ2) is 7.26. The molecule has 1 N–H and O–H groups in total. The maximum atomic E-state index is 13.1. The summed E-state index contributed by atoms with van der Waals surface area (Å²) in [6, 6.07) is 5.23. The Kier molecular flexibility index (Phi) is 4.66. The molecule has 0 aliphatic carbocycles. The number of rotatable bonds is 3. The summed E-state index contributed by atoms with van der Waals surface area (Å²) >= 11 is 0. The van der Waals surface area contributed by atoms with Gasteiger partial charge in [-0.25, -0.2) is 9.48 Å². The van der Waals surface area contributed by atoms with Crippen LogP contribution in [0, 0.1) is 0 Å². The Labute approximate surface area is 155 Å². The number of aromatic nitrogens is 3. The van der Waals surface area contributed by atoms with Gasteiger partial charge in [-0.05, 0) is 25.0 Å². The Balaban J connectivity index is 1.55. The van der Waals surface area contributed by atoms with Crippen molar-refractivity contribution in [2.24, 2.45) is 0 Å². The number of carbonyl (C=O) groups is 2. The Morgan fingerprint density at radius 3 is 2.85 bits per heavy atom. The number of amides is 1. The van der Waals surface area contributed by atoms with Crippen molar-refractivity contribution in [2.45, 2.75) is 25.3 Å². The van der Waals surface area contributed by atoms with E-state index in [4.69, 9.17) is 14.6 Å². The highest BCUT2D eigenvalue weighted by molar-refractivity contribution is 5.98. The van der Waals surface area contributed by atoms with Crippen molar-refractivity contribution in [1.29, 1.82) is 0 Å². The quantitative estimate of drug-likeness (QED) is 0.872. The lowest BCUT2D eigenvalue weighted by molar-refractivity contribution is 0.0662. The van der Waals surface area contributed by atoms with Gasteiger partial charge in [0.05, 0.1) is 31.0 Å². The van der Waals surface area contributed by atoms with E-state index in [0.717, 1.165) is 19.3 Å². The molecular formula is C18H20N4O5. The van der Waals surface area contributed by atoms with Crippen molar-refractivity contribution in [2.75, 3.05) is 26.3 Å². The minimum absolute atomic E-state index is 0.0997. The largest absolute Gasteiger partial charge is 0.490 e. The van der Waals surface area contributed by atoms with Crippen molar-refractivity contribution in [1.82, 2.24) is 19.9 Å². The molecule has 9 heteroatoms. The summed E-state index contributed by atoms with van der Waals surface area (Å²) in [5.41, 5.74) is 0.386. The van der Waals surface area contributed by atoms with E-state index in [-0.39, 0.29) is 17.6 Å². The van der Waals surface area contributed by atoms with Gasteiger partial charge in [0, 0.05) is 19.5 Å². The molecule has 2 aromatic rings. The first kappa shape index (κ1) is 17.3. The zero-order valence-corrected chi connectivity index (χ0v) is 14.7. The summed E-state index contributed by atoms with van der Waals surface area (Å²) in [7, 11) is 0. The van der Waals surface area contributed by atoms with Crippen LogP contribution < -0.4 is 9.47 Å². The molecule has 2 aliphatic rings. The number of fused-ring (bicyclic) bond motifs is 1. The van der Waals surface area contributed by atoms with Crippen LogP contribution in [0.3, 0.4) is 0 Å². The van der Waals surface area contributed by atoms with E-state index in [0.29, 0.717) is 43.4 Å². The molecule has 0 radical (unpaired) electrons. The van der Waals surface area contributed by atoms with Gasteiger partial charge in [-0.1, -0.05) is 11.3 Å². The Hall–Kier alpha value is -3.10. The highest BCUT2D eigenvalue weighted by Gasteiger charge is 2.29. The number of carbonyl (C=O) groups excluding carboxylic acids is 1. The van der Waals surface area contributed by atoms with E-state index >= 15 is 0 Å². The molecular weight excluding hydrogens is 352 g/mol. The highest BCUT2D eigenvalue weighted by Crippen LogP contribution is 2.34. The van der Waals surface area contributed by atoms with Crippen LogP contribution in [0.2, 0.25) is 0 Å². The molecule has 9 nitrogen and oxygen atoms in total. The lowest BCUT2D eigenvalue weighted by Gasteiger charge is -2.33. The summed E-state index contributed by atoms with van der Waals surface area (Å²) in [6.07, 6.45) is 3.78. The summed E-state index contributed by atoms with van der Waals surface area (Å²) in [4.78, 5) is 25.9. The normalized spacial score (nSPS) is 19.4. The fourth-order valence-corrected chi connectivity index (χ4v) is 3.44. The van der Waals surface area contributed by atoms with Crippen LogP contribution >= 0.6 is 0 Å². The predicted molar refractivity (Wildman–Crippen MR) is 93.2 cm³/mol. The maximum Gasteiger partial charge on any atom is 0.358 e. The smallest absolute Gasteiger partial charge is 0.358 e. The number of ether oxygens (including phenoxy) is 2. The molecule has 1 atom stereocenters. The molecule has 1 unspecified atom stereocenters. The first-order chi connectivity index (χ1) is 13.1. The third-order valence-electron chi connectivity index (χ3n) is 4.79. The number of benzene rings is 1. The molecule has 4 rings (SSSR count). The molecule has 142 valence electrons. The number of carboxylic acids is 1. The maximum absolute atomic E-state index is 13.1. The molecule has 1 aromatic heterocycles. The van der Waals surface area contributed by atoms with Crippen molar-refractivity contribution in [3.05, 3.63) is 35.7 Å². The van der Waals surface area contributed by atoms with E-state index in [1.54, 1.807) is 23.1 Å². The molecule has 1 aromatic carbocycles. The first-order valence-electron chi connectivity index (χ1n) is 8.96. The highest BCUT2D eigenvalue weighted by atomic mass is 16.5. The fraction of sp³-hybridized carbons (Fsp3) is 0.444. The van der Waals surface area contributed by atoms with Crippen molar-refractivity contribution in [3.63, 3.8) is 0 Å². The number of carboxylic acid groups (broad SMARTS) is 1. The number of likely N-dealkylation sites (tertiary alicyclic amines) is 1. The van der Waals surface area contributed by atoms with Crippen LogP contribution in [0.5, 0.6) is 11.5 Å². The standard InChI is InChI=1S/C18H20N4O5/c23-17(13-5-1-6-15-16(13)27-9-3-8-26-15)21-7-2-4-12(10-21)22-11-14(18(24)25)19-20-22/h1,5-6,11-12H,2-4,7-10H2,(H,24,25). The topological polar surface area (TPSA) is 107 Å². The number of hydrogen-bond acceptors (Lipinski definition) is 6. The lowest BCUT2D eigenvalue weighted by Crippen LogP contribution is -2.41. The molecule has 1 saturated heterocycles. The first-order valence-corrected chi connectivity index (χ1v) is 8.96. The van der Waals surface area contributed by atoms with E-state index in [9.17, 15) is 9.59 Å². The van der Waals surface area contributed by atoms with E-state index in [1.807, 2.05) is 0 Å². The predicted octanol–water partition coefficient (Wildman–Crippen LogP) is 1.61. The summed E-state index contributed by atoms with van der Waals surface area (Å²) in [6.45, 7) is 2.14. The SMILES string of the molecule is O=C(O)c1cn(C2CCCN(C(=O)c3cccc4c3OCCCO4)C2)nn1. The van der Waals surface area contributed by atoms with Gasteiger partial charge in [0.25, 0.3) is 5.91 Å². The Morgan fingerprint density at radius 2 is 2.04 bits per heavy atom. The average Bonchev–Trinajstić information content (AvgIpc) is 3.07. The van der Waals surface area contributed by atoms with Gasteiger partial charge < -0.3 is 19.5 Å². The number of piperidine rings is 1. The van der Waals surface area contributed by atoms with Crippen LogP contribution in [0.25, 0.3) is 0 Å². The molecule has 27 heavy (non-hydrogen) atoms. The van der Waals surface area contributed by atoms with Crippen molar-refractivity contribution < 1.29 is 24.2 Å². The van der Waals surface area contributed by atoms with Crippen molar-refractivity contribution >= 4 is 11.9 Å². The van der Waals surface area contributed by atoms with Crippen LogP contribution in [-0.4, -0.2) is 63.2 Å². The molecule has 1 amide bonds. The van der Waals surface area contributed by atoms with Gasteiger partial charge in [-0.3, -0.25) is 4.79 Å². The number of hydrogen-bond donors (Lipinski definition) is 1. The second-order valence-electron chi connectivity index (χ2n) is 6.62. The summed E-state index contributed by atoms with van der Waals surface area (Å²) in [5, 5.41) is 16.6. The van der Waals surface area contributed by atoms with Gasteiger partial charge in [0.1, 0.15) is 0 Å². The van der Waals surface area contributed by atoms with Crippen LogP contribution in [0.4, 0.5) is 0 Å². The zero-order chi connectivity index (χ0) is 18.8. The third-order valence-corrected chi connectivity index (χ3v) is 4.79. The van der Waals surface area contributed by atoms with Crippen LogP contribution in [0.15, 0.2) is 24.4 Å². The molecule has 3 heterocycles. The van der Waals surface area contributed by atoms with Crippen LogP contribution in [0.1, 0.15) is 46.2 Å². The third kappa shape index (κ3) is 3.44.